The highest BCUT2D eigenvalue weighted by Gasteiger charge is 2.63. The van der Waals surface area contributed by atoms with Gasteiger partial charge in [0, 0.05) is 4.79 Å². The van der Waals surface area contributed by atoms with Gasteiger partial charge in [0.2, 0.25) is 5.92 Å². The predicted molar refractivity (Wildman–Crippen MR) is 123 cm³/mol. The van der Waals surface area contributed by atoms with E-state index in [9.17, 15) is 19.2 Å². The molecular formula is C24H37BO8. The lowest BCUT2D eigenvalue weighted by Gasteiger charge is -2.43. The van der Waals surface area contributed by atoms with E-state index in [1.165, 1.54) is 0 Å². The van der Waals surface area contributed by atoms with Crippen molar-refractivity contribution in [3.63, 3.8) is 0 Å². The molecule has 1 atom stereocenters. The van der Waals surface area contributed by atoms with Crippen LogP contribution in [0.25, 0.3) is 0 Å². The normalized spacial score (nSPS) is 24.6. The van der Waals surface area contributed by atoms with Crippen molar-refractivity contribution in [2.24, 2.45) is 11.8 Å². The number of unbranched alkanes of at least 4 members (excludes halogenated alkanes) is 10. The van der Waals surface area contributed by atoms with Gasteiger partial charge in [-0.1, -0.05) is 63.5 Å². The zero-order valence-electron chi connectivity index (χ0n) is 19.5. The fraction of sp³-hybridized carbons (Fsp3) is 0.667. The maximum atomic E-state index is 12.4. The Morgan fingerprint density at radius 2 is 1.03 bits per heavy atom. The molecule has 2 aliphatic heterocycles. The van der Waals surface area contributed by atoms with Gasteiger partial charge in [0.15, 0.2) is 0 Å². The number of carbonyl (C=O) groups is 4. The topological polar surface area (TPSA) is 109 Å². The van der Waals surface area contributed by atoms with Crippen LogP contribution in [0.4, 0.5) is 0 Å². The van der Waals surface area contributed by atoms with Gasteiger partial charge < -0.3 is 18.6 Å². The smallest absolute Gasteiger partial charge is 0.669 e. The van der Waals surface area contributed by atoms with E-state index < -0.39 is 42.7 Å². The van der Waals surface area contributed by atoms with Crippen LogP contribution in [0.1, 0.15) is 89.9 Å². The molecule has 2 aliphatic rings. The summed E-state index contributed by atoms with van der Waals surface area (Å²) < 4.78 is 19.0. The van der Waals surface area contributed by atoms with Crippen LogP contribution >= 0.6 is 0 Å². The Morgan fingerprint density at radius 3 is 1.48 bits per heavy atom. The average molecular weight is 464 g/mol. The summed E-state index contributed by atoms with van der Waals surface area (Å²) in [7, 11) is 0. The molecule has 0 aromatic heterocycles. The van der Waals surface area contributed by atoms with Crippen LogP contribution in [-0.4, -0.2) is 35.5 Å². The van der Waals surface area contributed by atoms with Gasteiger partial charge in [-0.05, 0) is 38.5 Å². The van der Waals surface area contributed by atoms with Crippen LogP contribution in [-0.2, 0) is 33.1 Å². The van der Waals surface area contributed by atoms with E-state index in [0.29, 0.717) is 19.3 Å². The molecule has 2 rings (SSSR count). The Morgan fingerprint density at radius 1 is 0.636 bits per heavy atom. The molecule has 8 nitrogen and oxygen atoms in total. The summed E-state index contributed by atoms with van der Waals surface area (Å²) in [5.74, 6) is -5.49. The summed E-state index contributed by atoms with van der Waals surface area (Å²) in [4.78, 5) is 49.7. The average Bonchev–Trinajstić information content (AvgIpc) is 2.75. The van der Waals surface area contributed by atoms with Gasteiger partial charge in [0.25, 0.3) is 17.9 Å². The summed E-state index contributed by atoms with van der Waals surface area (Å²) in [5, 5.41) is 0. The molecular weight excluding hydrogens is 427 g/mol. The number of hydrogen-bond donors (Lipinski definition) is 0. The van der Waals surface area contributed by atoms with Crippen LogP contribution < -0.4 is 0 Å². The molecule has 1 N–H and O–H groups in total. The highest BCUT2D eigenvalue weighted by Crippen LogP contribution is 2.30. The van der Waals surface area contributed by atoms with E-state index in [-0.39, 0.29) is 6.42 Å². The first-order chi connectivity index (χ1) is 15.9. The van der Waals surface area contributed by atoms with Gasteiger partial charge in [-0.2, -0.15) is 0 Å². The number of carbonyl (C=O) groups excluding carboxylic acids is 3. The predicted octanol–water partition coefficient (Wildman–Crippen LogP) is 4.20. The summed E-state index contributed by atoms with van der Waals surface area (Å²) >= 11 is 0. The molecule has 1 unspecified atom stereocenters. The third-order valence-electron chi connectivity index (χ3n) is 6.03. The molecule has 184 valence electrons. The van der Waals surface area contributed by atoms with Gasteiger partial charge in [-0.15, -0.1) is 13.2 Å². The lowest BCUT2D eigenvalue weighted by Crippen LogP contribution is -2.66. The first-order valence-corrected chi connectivity index (χ1v) is 12.2. The van der Waals surface area contributed by atoms with Crippen LogP contribution in [0, 0.1) is 11.8 Å². The summed E-state index contributed by atoms with van der Waals surface area (Å²) in [5.41, 5.74) is 0. The summed E-state index contributed by atoms with van der Waals surface area (Å²) in [6.45, 7) is 3.99. The van der Waals surface area contributed by atoms with Gasteiger partial charge in [0.1, 0.15) is 5.92 Å². The third kappa shape index (κ3) is 8.37. The quantitative estimate of drug-likeness (QED) is 0.111. The van der Waals surface area contributed by atoms with Crippen LogP contribution in [0.2, 0.25) is 0 Å². The van der Waals surface area contributed by atoms with Crippen molar-refractivity contribution in [2.75, 3.05) is 0 Å². The Bertz CT molecular complexity index is 620. The second-order valence-corrected chi connectivity index (χ2v) is 8.76. The first kappa shape index (κ1) is 26.7. The van der Waals surface area contributed by atoms with E-state index in [1.54, 1.807) is 0 Å². The van der Waals surface area contributed by atoms with Crippen molar-refractivity contribution in [1.82, 2.24) is 0 Å². The second-order valence-electron chi connectivity index (χ2n) is 8.76. The fourth-order valence-electron chi connectivity index (χ4n) is 4.09. The third-order valence-corrected chi connectivity index (χ3v) is 6.03. The highest BCUT2D eigenvalue weighted by molar-refractivity contribution is 6.62. The number of hydrogen-bond acceptors (Lipinski definition) is 7. The minimum Gasteiger partial charge on any atom is -0.669 e. The van der Waals surface area contributed by atoms with Crippen molar-refractivity contribution >= 4 is 30.8 Å². The van der Waals surface area contributed by atoms with Crippen LogP contribution in [0.15, 0.2) is 25.3 Å². The molecule has 0 radical (unpaired) electrons. The number of allylic oxidation sites excluding steroid dienone is 2. The zero-order chi connectivity index (χ0) is 24.1. The molecule has 9 heteroatoms. The summed E-state index contributed by atoms with van der Waals surface area (Å²) in [6.07, 6.45) is 15.6. The second kappa shape index (κ2) is 13.9. The molecule has 2 saturated heterocycles. The van der Waals surface area contributed by atoms with E-state index >= 15 is 0 Å². The van der Waals surface area contributed by atoms with Gasteiger partial charge >= 0.3 is 12.9 Å². The maximum Gasteiger partial charge on any atom is 0.865 e. The molecule has 2 fully saturated rings. The zero-order valence-corrected chi connectivity index (χ0v) is 19.5. The van der Waals surface area contributed by atoms with Crippen LogP contribution in [0.5, 0.6) is 0 Å². The highest BCUT2D eigenvalue weighted by atomic mass is 16.9. The Hall–Kier alpha value is -2.58. The lowest BCUT2D eigenvalue weighted by atomic mass is 9.90. The minimum absolute atomic E-state index is 0.280. The van der Waals surface area contributed by atoms with Crippen molar-refractivity contribution in [1.29, 1.82) is 0 Å². The molecule has 0 aliphatic carbocycles. The molecule has 2 heterocycles. The maximum absolute atomic E-state index is 12.4. The number of carboxylic acids is 1. The first-order valence-electron chi connectivity index (χ1n) is 12.2. The van der Waals surface area contributed by atoms with Crippen molar-refractivity contribution < 1.29 is 37.8 Å². The molecule has 0 saturated carbocycles. The van der Waals surface area contributed by atoms with Gasteiger partial charge in [0.05, 0.1) is 0 Å². The van der Waals surface area contributed by atoms with E-state index in [4.69, 9.17) is 14.0 Å². The standard InChI is InChI=1S/C24H37BO8/c1-3-5-7-9-11-13-15-17-19-21(26)30-25(31-22(19)27)32-23(28)20(24(29)33-25)18-16-14-12-10-8-6-4-2/h3-4,19-20,30H,1-2,5-18H2. The fourth-order valence-corrected chi connectivity index (χ4v) is 4.09. The molecule has 33 heavy (non-hydrogen) atoms. The van der Waals surface area contributed by atoms with E-state index in [2.05, 4.69) is 17.8 Å². The van der Waals surface area contributed by atoms with Crippen molar-refractivity contribution in [3.05, 3.63) is 25.3 Å². The molecule has 0 aromatic rings. The minimum atomic E-state index is -3.38. The summed E-state index contributed by atoms with van der Waals surface area (Å²) in [6, 6.07) is 0. The largest absolute Gasteiger partial charge is 0.865 e. The number of aliphatic carboxylic acids is 1. The molecule has 1 spiro atoms. The van der Waals surface area contributed by atoms with Crippen LogP contribution in [0.3, 0.4) is 0 Å². The van der Waals surface area contributed by atoms with E-state index in [0.717, 1.165) is 64.2 Å². The molecule has 0 aromatic carbocycles. The SMILES string of the molecule is C=CCCCCCCCC1C(=O)O[B-]2(OC1=O)OC(=O)C(CCCCCCCC=C)C(=O)[OH+]2. The lowest BCUT2D eigenvalue weighted by molar-refractivity contribution is -0.201. The molecule has 0 amide bonds. The van der Waals surface area contributed by atoms with Crippen molar-refractivity contribution in [3.8, 4) is 0 Å². The monoisotopic (exact) mass is 464 g/mol. The Kier molecular flexibility index (Phi) is 11.2. The molecule has 0 bridgehead atoms. The van der Waals surface area contributed by atoms with Gasteiger partial charge in [-0.25, -0.2) is 0 Å². The van der Waals surface area contributed by atoms with E-state index in [1.807, 2.05) is 12.2 Å². The number of rotatable bonds is 16. The Labute approximate surface area is 196 Å². The Balaban J connectivity index is 1.76. The van der Waals surface area contributed by atoms with Crippen molar-refractivity contribution in [2.45, 2.75) is 89.9 Å². The van der Waals surface area contributed by atoms with Gasteiger partial charge in [-0.3, -0.25) is 14.4 Å².